The fraction of sp³-hybridized carbons (Fsp3) is 0.200. The van der Waals surface area contributed by atoms with Crippen LogP contribution in [-0.4, -0.2) is 28.6 Å². The molecular formula is C20H21N3O2. The fourth-order valence-electron chi connectivity index (χ4n) is 2.44. The molecule has 0 aliphatic rings. The van der Waals surface area contributed by atoms with E-state index in [2.05, 4.69) is 10.3 Å². The van der Waals surface area contributed by atoms with Crippen LogP contribution in [-0.2, 0) is 0 Å². The van der Waals surface area contributed by atoms with Crippen molar-refractivity contribution < 1.29 is 9.53 Å². The van der Waals surface area contributed by atoms with Crippen molar-refractivity contribution in [2.24, 2.45) is 0 Å². The molecule has 0 spiro atoms. The highest BCUT2D eigenvalue weighted by Gasteiger charge is 2.03. The predicted octanol–water partition coefficient (Wildman–Crippen LogP) is 3.46. The number of carbonyl (C=O) groups is 1. The summed E-state index contributed by atoms with van der Waals surface area (Å²) in [7, 11) is 0. The van der Waals surface area contributed by atoms with Gasteiger partial charge in [0.05, 0.1) is 12.9 Å². The van der Waals surface area contributed by atoms with Crippen molar-refractivity contribution in [2.45, 2.75) is 12.8 Å². The van der Waals surface area contributed by atoms with Crippen LogP contribution in [0.3, 0.4) is 0 Å². The molecule has 1 aromatic heterocycles. The summed E-state index contributed by atoms with van der Waals surface area (Å²) in [5.74, 6) is 0.814. The zero-order valence-electron chi connectivity index (χ0n) is 14.0. The minimum absolute atomic E-state index is 0.0309. The topological polar surface area (TPSA) is 56.1 Å². The van der Waals surface area contributed by atoms with Gasteiger partial charge in [0.1, 0.15) is 5.75 Å². The molecule has 1 heterocycles. The molecule has 3 rings (SSSR count). The molecule has 0 saturated carbocycles. The van der Waals surface area contributed by atoms with Crippen LogP contribution < -0.4 is 10.1 Å². The highest BCUT2D eigenvalue weighted by Crippen LogP contribution is 2.15. The number of ether oxygens (including phenoxy) is 1. The van der Waals surface area contributed by atoms with E-state index in [-0.39, 0.29) is 5.91 Å². The first kappa shape index (κ1) is 16.8. The van der Waals surface area contributed by atoms with Gasteiger partial charge in [-0.25, -0.2) is 4.98 Å². The number of aromatic nitrogens is 2. The van der Waals surface area contributed by atoms with E-state index in [1.807, 2.05) is 65.4 Å². The van der Waals surface area contributed by atoms with Gasteiger partial charge in [0.2, 0.25) is 0 Å². The molecule has 0 atom stereocenters. The number of benzene rings is 2. The Hall–Kier alpha value is -3.08. The summed E-state index contributed by atoms with van der Waals surface area (Å²) in [6.07, 6.45) is 7.18. The summed E-state index contributed by atoms with van der Waals surface area (Å²) >= 11 is 0. The van der Waals surface area contributed by atoms with E-state index in [0.717, 1.165) is 24.3 Å². The van der Waals surface area contributed by atoms with Gasteiger partial charge in [0, 0.05) is 30.2 Å². The highest BCUT2D eigenvalue weighted by molar-refractivity contribution is 5.94. The molecular weight excluding hydrogens is 314 g/mol. The van der Waals surface area contributed by atoms with Crippen molar-refractivity contribution in [2.75, 3.05) is 13.2 Å². The van der Waals surface area contributed by atoms with Crippen molar-refractivity contribution >= 4 is 5.91 Å². The summed E-state index contributed by atoms with van der Waals surface area (Å²) < 4.78 is 7.68. The molecule has 5 nitrogen and oxygen atoms in total. The van der Waals surface area contributed by atoms with Crippen LogP contribution in [0.15, 0.2) is 73.3 Å². The summed E-state index contributed by atoms with van der Waals surface area (Å²) in [5, 5.41) is 2.92. The maximum absolute atomic E-state index is 11.9. The van der Waals surface area contributed by atoms with E-state index in [9.17, 15) is 4.79 Å². The van der Waals surface area contributed by atoms with Crippen molar-refractivity contribution in [3.63, 3.8) is 0 Å². The lowest BCUT2D eigenvalue weighted by atomic mass is 10.2. The van der Waals surface area contributed by atoms with Crippen LogP contribution in [0.5, 0.6) is 5.75 Å². The number of unbranched alkanes of at least 4 members (excludes halogenated alkanes) is 1. The van der Waals surface area contributed by atoms with Gasteiger partial charge in [-0.15, -0.1) is 0 Å². The maximum Gasteiger partial charge on any atom is 0.251 e. The lowest BCUT2D eigenvalue weighted by Crippen LogP contribution is -2.24. The Kier molecular flexibility index (Phi) is 5.82. The number of imidazole rings is 1. The van der Waals surface area contributed by atoms with Gasteiger partial charge in [-0.2, -0.15) is 0 Å². The second kappa shape index (κ2) is 8.68. The van der Waals surface area contributed by atoms with Crippen molar-refractivity contribution in [3.05, 3.63) is 78.9 Å². The molecule has 0 aliphatic heterocycles. The number of nitrogens with one attached hydrogen (secondary N) is 1. The Bertz CT molecular complexity index is 768. The number of carbonyl (C=O) groups excluding carboxylic acids is 1. The van der Waals surface area contributed by atoms with E-state index in [1.54, 1.807) is 12.5 Å². The number of nitrogens with zero attached hydrogens (tertiary/aromatic N) is 2. The summed E-state index contributed by atoms with van der Waals surface area (Å²) in [6.45, 7) is 1.28. The van der Waals surface area contributed by atoms with Crippen LogP contribution in [0.2, 0.25) is 0 Å². The first-order valence-corrected chi connectivity index (χ1v) is 8.37. The Labute approximate surface area is 147 Å². The van der Waals surface area contributed by atoms with Crippen LogP contribution in [0.1, 0.15) is 23.2 Å². The molecule has 5 heteroatoms. The molecule has 0 saturated heterocycles. The minimum Gasteiger partial charge on any atom is -0.494 e. The minimum atomic E-state index is -0.0309. The van der Waals surface area contributed by atoms with Crippen molar-refractivity contribution in [1.82, 2.24) is 14.9 Å². The smallest absolute Gasteiger partial charge is 0.251 e. The van der Waals surface area contributed by atoms with Crippen molar-refractivity contribution in [3.8, 4) is 11.4 Å². The monoisotopic (exact) mass is 335 g/mol. The molecule has 3 aromatic rings. The van der Waals surface area contributed by atoms with Crippen LogP contribution >= 0.6 is 0 Å². The van der Waals surface area contributed by atoms with Crippen LogP contribution in [0.25, 0.3) is 5.69 Å². The Morgan fingerprint density at radius 1 is 1.04 bits per heavy atom. The van der Waals surface area contributed by atoms with Crippen molar-refractivity contribution in [1.29, 1.82) is 0 Å². The van der Waals surface area contributed by atoms with Gasteiger partial charge in [-0.1, -0.05) is 18.2 Å². The summed E-state index contributed by atoms with van der Waals surface area (Å²) in [5.41, 5.74) is 1.74. The number of amides is 1. The number of hydrogen-bond acceptors (Lipinski definition) is 3. The molecule has 0 bridgehead atoms. The van der Waals surface area contributed by atoms with Gasteiger partial charge in [-0.3, -0.25) is 4.79 Å². The van der Waals surface area contributed by atoms with Gasteiger partial charge in [0.15, 0.2) is 0 Å². The number of rotatable bonds is 8. The summed E-state index contributed by atoms with van der Waals surface area (Å²) in [4.78, 5) is 15.9. The van der Waals surface area contributed by atoms with E-state index >= 15 is 0 Å². The molecule has 0 aliphatic carbocycles. The van der Waals surface area contributed by atoms with Gasteiger partial charge < -0.3 is 14.6 Å². The standard InChI is InChI=1S/C20H21N3O2/c24-20(17-6-2-1-3-7-17)22-12-4-5-15-25-19-10-8-18(9-11-19)23-14-13-21-16-23/h1-3,6-11,13-14,16H,4-5,12,15H2,(H,22,24). The van der Waals surface area contributed by atoms with Crippen LogP contribution in [0, 0.1) is 0 Å². The Balaban J connectivity index is 1.33. The predicted molar refractivity (Wildman–Crippen MR) is 97.1 cm³/mol. The summed E-state index contributed by atoms with van der Waals surface area (Å²) in [6, 6.07) is 17.1. The Morgan fingerprint density at radius 2 is 1.84 bits per heavy atom. The molecule has 128 valence electrons. The lowest BCUT2D eigenvalue weighted by molar-refractivity contribution is 0.0952. The zero-order chi connectivity index (χ0) is 17.3. The lowest BCUT2D eigenvalue weighted by Gasteiger charge is -2.08. The van der Waals surface area contributed by atoms with E-state index in [0.29, 0.717) is 18.7 Å². The molecule has 1 amide bonds. The van der Waals surface area contributed by atoms with Gasteiger partial charge in [-0.05, 0) is 49.2 Å². The molecule has 1 N–H and O–H groups in total. The highest BCUT2D eigenvalue weighted by atomic mass is 16.5. The van der Waals surface area contributed by atoms with Crippen LogP contribution in [0.4, 0.5) is 0 Å². The second-order valence-electron chi connectivity index (χ2n) is 5.64. The third kappa shape index (κ3) is 4.94. The largest absolute Gasteiger partial charge is 0.494 e. The third-order valence-electron chi connectivity index (χ3n) is 3.80. The zero-order valence-corrected chi connectivity index (χ0v) is 14.0. The normalized spacial score (nSPS) is 10.4. The Morgan fingerprint density at radius 3 is 2.56 bits per heavy atom. The maximum atomic E-state index is 11.9. The molecule has 0 radical (unpaired) electrons. The number of hydrogen-bond donors (Lipinski definition) is 1. The quantitative estimate of drug-likeness (QED) is 0.641. The van der Waals surface area contributed by atoms with E-state index in [4.69, 9.17) is 4.74 Å². The second-order valence-corrected chi connectivity index (χ2v) is 5.64. The fourth-order valence-corrected chi connectivity index (χ4v) is 2.44. The molecule has 2 aromatic carbocycles. The third-order valence-corrected chi connectivity index (χ3v) is 3.80. The molecule has 0 unspecified atom stereocenters. The SMILES string of the molecule is O=C(NCCCCOc1ccc(-n2ccnc2)cc1)c1ccccc1. The first-order chi connectivity index (χ1) is 12.3. The van der Waals surface area contributed by atoms with Gasteiger partial charge in [0.25, 0.3) is 5.91 Å². The van der Waals surface area contributed by atoms with E-state index in [1.165, 1.54) is 0 Å². The van der Waals surface area contributed by atoms with Gasteiger partial charge >= 0.3 is 0 Å². The van der Waals surface area contributed by atoms with E-state index < -0.39 is 0 Å². The average Bonchev–Trinajstić information content (AvgIpc) is 3.20. The first-order valence-electron chi connectivity index (χ1n) is 8.37. The molecule has 0 fully saturated rings. The molecule has 25 heavy (non-hydrogen) atoms. The average molecular weight is 335 g/mol.